The zero-order valence-electron chi connectivity index (χ0n) is 14.0. The second kappa shape index (κ2) is 7.99. The minimum absolute atomic E-state index is 0.0507. The van der Waals surface area contributed by atoms with Crippen molar-refractivity contribution in [3.05, 3.63) is 47.6 Å². The van der Waals surface area contributed by atoms with E-state index in [0.29, 0.717) is 31.4 Å². The summed E-state index contributed by atoms with van der Waals surface area (Å²) in [6.45, 7) is -0.0507. The van der Waals surface area contributed by atoms with Crippen LogP contribution < -0.4 is 10.1 Å². The highest BCUT2D eigenvalue weighted by Crippen LogP contribution is 2.24. The number of aliphatic carboxylic acids is 1. The number of carbonyl (C=O) groups excluding carboxylic acids is 1. The molecule has 138 valence electrons. The zero-order valence-corrected chi connectivity index (χ0v) is 14.0. The molecule has 26 heavy (non-hydrogen) atoms. The fourth-order valence-electron chi connectivity index (χ4n) is 2.94. The van der Waals surface area contributed by atoms with E-state index >= 15 is 0 Å². The molecule has 3 rings (SSSR count). The highest BCUT2D eigenvalue weighted by Gasteiger charge is 2.27. The maximum absolute atomic E-state index is 13.5. The molecule has 1 amide bonds. The van der Waals surface area contributed by atoms with Crippen LogP contribution in [0.25, 0.3) is 0 Å². The molecule has 0 unspecified atom stereocenters. The van der Waals surface area contributed by atoms with E-state index in [4.69, 9.17) is 14.4 Å². The number of nitrogens with one attached hydrogen (secondary N) is 1. The topological polar surface area (TPSA) is 102 Å². The summed E-state index contributed by atoms with van der Waals surface area (Å²) in [5, 5.41) is 15.5. The van der Waals surface area contributed by atoms with Crippen LogP contribution in [0.3, 0.4) is 0 Å². The lowest BCUT2D eigenvalue weighted by molar-refractivity contribution is -0.142. The maximum Gasteiger partial charge on any atom is 0.306 e. The molecular formula is C18H19FN2O5. The zero-order chi connectivity index (χ0) is 18.5. The molecule has 2 aromatic rings. The largest absolute Gasteiger partial charge is 0.482 e. The lowest BCUT2D eigenvalue weighted by atomic mass is 9.86. The van der Waals surface area contributed by atoms with Crippen LogP contribution in [0.2, 0.25) is 0 Å². The normalized spacial score (nSPS) is 19.7. The average Bonchev–Trinajstić information content (AvgIpc) is 3.11. The van der Waals surface area contributed by atoms with E-state index in [0.717, 1.165) is 0 Å². The Hall–Kier alpha value is -2.90. The average molecular weight is 362 g/mol. The Morgan fingerprint density at radius 2 is 2.00 bits per heavy atom. The molecule has 0 spiro atoms. The maximum atomic E-state index is 13.5. The van der Waals surface area contributed by atoms with Crippen molar-refractivity contribution >= 4 is 11.9 Å². The Morgan fingerprint density at radius 1 is 1.27 bits per heavy atom. The van der Waals surface area contributed by atoms with Gasteiger partial charge in [0.05, 0.1) is 5.92 Å². The van der Waals surface area contributed by atoms with Crippen molar-refractivity contribution < 1.29 is 28.3 Å². The Labute approximate surface area is 149 Å². The molecule has 0 atom stereocenters. The highest BCUT2D eigenvalue weighted by molar-refractivity contribution is 5.92. The Bertz CT molecular complexity index is 783. The molecule has 1 fully saturated rings. The van der Waals surface area contributed by atoms with Gasteiger partial charge in [-0.2, -0.15) is 0 Å². The van der Waals surface area contributed by atoms with Gasteiger partial charge in [-0.3, -0.25) is 9.59 Å². The van der Waals surface area contributed by atoms with Crippen molar-refractivity contribution in [1.82, 2.24) is 10.5 Å². The minimum Gasteiger partial charge on any atom is -0.482 e. The molecule has 0 saturated heterocycles. The fourth-order valence-corrected chi connectivity index (χ4v) is 2.94. The van der Waals surface area contributed by atoms with Gasteiger partial charge >= 0.3 is 5.97 Å². The Morgan fingerprint density at radius 3 is 2.69 bits per heavy atom. The van der Waals surface area contributed by atoms with E-state index in [1.165, 1.54) is 18.2 Å². The van der Waals surface area contributed by atoms with Gasteiger partial charge in [-0.25, -0.2) is 4.39 Å². The Balaban J connectivity index is 1.50. The molecule has 8 heteroatoms. The first-order chi connectivity index (χ1) is 12.5. The van der Waals surface area contributed by atoms with Crippen molar-refractivity contribution in [2.75, 3.05) is 0 Å². The van der Waals surface area contributed by atoms with Gasteiger partial charge < -0.3 is 19.7 Å². The highest BCUT2D eigenvalue weighted by atomic mass is 19.1. The van der Waals surface area contributed by atoms with Crippen LogP contribution in [-0.4, -0.2) is 28.2 Å². The number of para-hydroxylation sites is 1. The summed E-state index contributed by atoms with van der Waals surface area (Å²) in [6.07, 6.45) is 2.31. The third kappa shape index (κ3) is 4.38. The van der Waals surface area contributed by atoms with Gasteiger partial charge in [0.15, 0.2) is 23.0 Å². The predicted octanol–water partition coefficient (Wildman–Crippen LogP) is 2.77. The van der Waals surface area contributed by atoms with E-state index < -0.39 is 11.8 Å². The standard InChI is InChI=1S/C18H19FN2O5/c19-14-3-1-2-4-16(14)25-10-13-9-15(21-26-13)17(22)20-12-7-5-11(6-8-12)18(23)24/h1-4,9,11-12H,5-8,10H2,(H,20,22)(H,23,24). The number of halogens is 1. The first-order valence-corrected chi connectivity index (χ1v) is 8.39. The van der Waals surface area contributed by atoms with Crippen LogP contribution in [-0.2, 0) is 11.4 Å². The Kier molecular flexibility index (Phi) is 5.50. The summed E-state index contributed by atoms with van der Waals surface area (Å²) in [4.78, 5) is 23.2. The molecule has 1 aliphatic rings. The quantitative estimate of drug-likeness (QED) is 0.819. The summed E-state index contributed by atoms with van der Waals surface area (Å²) in [5.74, 6) is -1.60. The SMILES string of the molecule is O=C(NC1CCC(C(=O)O)CC1)c1cc(COc2ccccc2F)on1. The van der Waals surface area contributed by atoms with Gasteiger partial charge in [0.1, 0.15) is 6.61 Å². The third-order valence-electron chi connectivity index (χ3n) is 4.41. The number of benzene rings is 1. The van der Waals surface area contributed by atoms with Gasteiger partial charge in [-0.1, -0.05) is 17.3 Å². The molecule has 1 saturated carbocycles. The molecule has 0 aliphatic heterocycles. The number of carboxylic acids is 1. The summed E-state index contributed by atoms with van der Waals surface area (Å²) < 4.78 is 23.8. The van der Waals surface area contributed by atoms with E-state index in [1.807, 2.05) is 0 Å². The van der Waals surface area contributed by atoms with Crippen molar-refractivity contribution in [3.63, 3.8) is 0 Å². The molecule has 2 N–H and O–H groups in total. The number of hydrogen-bond acceptors (Lipinski definition) is 5. The molecule has 1 aromatic carbocycles. The summed E-state index contributed by atoms with van der Waals surface area (Å²) in [7, 11) is 0. The lowest BCUT2D eigenvalue weighted by Crippen LogP contribution is -2.38. The number of amides is 1. The number of nitrogens with zero attached hydrogens (tertiary/aromatic N) is 1. The van der Waals surface area contributed by atoms with Crippen LogP contribution >= 0.6 is 0 Å². The monoisotopic (exact) mass is 362 g/mol. The van der Waals surface area contributed by atoms with Crippen molar-refractivity contribution in [2.24, 2.45) is 5.92 Å². The number of ether oxygens (including phenoxy) is 1. The van der Waals surface area contributed by atoms with Crippen LogP contribution in [0.1, 0.15) is 41.9 Å². The van der Waals surface area contributed by atoms with E-state index in [1.54, 1.807) is 12.1 Å². The second-order valence-corrected chi connectivity index (χ2v) is 6.26. The number of carbonyl (C=O) groups is 2. The molecule has 1 heterocycles. The summed E-state index contributed by atoms with van der Waals surface area (Å²) in [5.41, 5.74) is 0.109. The van der Waals surface area contributed by atoms with Crippen molar-refractivity contribution in [3.8, 4) is 5.75 Å². The number of carboxylic acid groups (broad SMARTS) is 1. The smallest absolute Gasteiger partial charge is 0.306 e. The predicted molar refractivity (Wildman–Crippen MR) is 88.1 cm³/mol. The van der Waals surface area contributed by atoms with Crippen LogP contribution in [0, 0.1) is 11.7 Å². The molecule has 0 radical (unpaired) electrons. The first kappa shape index (κ1) is 17.9. The van der Waals surface area contributed by atoms with Gasteiger partial charge in [0, 0.05) is 12.1 Å². The number of hydrogen-bond donors (Lipinski definition) is 2. The summed E-state index contributed by atoms with van der Waals surface area (Å²) in [6, 6.07) is 7.35. The lowest BCUT2D eigenvalue weighted by Gasteiger charge is -2.26. The van der Waals surface area contributed by atoms with E-state index in [9.17, 15) is 14.0 Å². The first-order valence-electron chi connectivity index (χ1n) is 8.39. The fraction of sp³-hybridized carbons (Fsp3) is 0.389. The number of rotatable bonds is 6. The number of aromatic nitrogens is 1. The van der Waals surface area contributed by atoms with Gasteiger partial charge in [0.2, 0.25) is 0 Å². The van der Waals surface area contributed by atoms with E-state index in [-0.39, 0.29) is 35.9 Å². The third-order valence-corrected chi connectivity index (χ3v) is 4.41. The van der Waals surface area contributed by atoms with Crippen molar-refractivity contribution in [2.45, 2.75) is 38.3 Å². The molecular weight excluding hydrogens is 343 g/mol. The van der Waals surface area contributed by atoms with Crippen LogP contribution in [0.15, 0.2) is 34.9 Å². The summed E-state index contributed by atoms with van der Waals surface area (Å²) >= 11 is 0. The van der Waals surface area contributed by atoms with E-state index in [2.05, 4.69) is 10.5 Å². The second-order valence-electron chi connectivity index (χ2n) is 6.26. The molecule has 1 aliphatic carbocycles. The van der Waals surface area contributed by atoms with Crippen LogP contribution in [0.5, 0.6) is 5.75 Å². The van der Waals surface area contributed by atoms with Crippen molar-refractivity contribution in [1.29, 1.82) is 0 Å². The van der Waals surface area contributed by atoms with Gasteiger partial charge in [-0.15, -0.1) is 0 Å². The molecule has 7 nitrogen and oxygen atoms in total. The van der Waals surface area contributed by atoms with Crippen LogP contribution in [0.4, 0.5) is 4.39 Å². The van der Waals surface area contributed by atoms with Gasteiger partial charge in [0.25, 0.3) is 5.91 Å². The molecule has 0 bridgehead atoms. The molecule has 1 aromatic heterocycles. The van der Waals surface area contributed by atoms with Gasteiger partial charge in [-0.05, 0) is 37.8 Å². The minimum atomic E-state index is -0.786.